The lowest BCUT2D eigenvalue weighted by Gasteiger charge is -1.90. The summed E-state index contributed by atoms with van der Waals surface area (Å²) in [6.07, 6.45) is 13.2. The van der Waals surface area contributed by atoms with Crippen molar-refractivity contribution in [2.24, 2.45) is 11.5 Å². The van der Waals surface area contributed by atoms with Gasteiger partial charge in [0.15, 0.2) is 0 Å². The number of hydrogen-bond acceptors (Lipinski definition) is 4. The van der Waals surface area contributed by atoms with E-state index in [1.165, 1.54) is 6.20 Å². The first kappa shape index (κ1) is 14.0. The van der Waals surface area contributed by atoms with Gasteiger partial charge in [0.2, 0.25) is 0 Å². The van der Waals surface area contributed by atoms with Gasteiger partial charge in [-0.1, -0.05) is 6.08 Å². The standard InChI is InChI=1S/C6H11N3.C6H9N3/c2*7-3-1-2-6-8-4-5-9-6/h4-5H,1-3,7H2,(H,8,9);1,3-5H,2,7H2,(H,8,9). The van der Waals surface area contributed by atoms with E-state index in [-0.39, 0.29) is 0 Å². The molecule has 0 aliphatic rings. The zero-order valence-corrected chi connectivity index (χ0v) is 10.3. The molecule has 6 heteroatoms. The van der Waals surface area contributed by atoms with Crippen LogP contribution in [-0.4, -0.2) is 26.5 Å². The van der Waals surface area contributed by atoms with Crippen LogP contribution in [0.5, 0.6) is 0 Å². The molecule has 0 saturated heterocycles. The summed E-state index contributed by atoms with van der Waals surface area (Å²) in [6, 6.07) is 0. The van der Waals surface area contributed by atoms with E-state index in [1.54, 1.807) is 18.6 Å². The molecule has 18 heavy (non-hydrogen) atoms. The molecule has 0 aliphatic carbocycles. The predicted molar refractivity (Wildman–Crippen MR) is 71.6 cm³/mol. The molecule has 0 aromatic carbocycles. The van der Waals surface area contributed by atoms with Crippen LogP contribution in [0, 0.1) is 0 Å². The second-order valence-electron chi connectivity index (χ2n) is 3.60. The Labute approximate surface area is 107 Å². The van der Waals surface area contributed by atoms with Crippen molar-refractivity contribution in [2.45, 2.75) is 19.3 Å². The van der Waals surface area contributed by atoms with Crippen molar-refractivity contribution < 1.29 is 0 Å². The van der Waals surface area contributed by atoms with Gasteiger partial charge in [-0.25, -0.2) is 9.97 Å². The summed E-state index contributed by atoms with van der Waals surface area (Å²) in [7, 11) is 0. The highest BCUT2D eigenvalue weighted by atomic mass is 14.9. The molecular formula is C12H20N6. The van der Waals surface area contributed by atoms with E-state index in [0.29, 0.717) is 0 Å². The number of nitrogens with one attached hydrogen (secondary N) is 2. The van der Waals surface area contributed by atoms with E-state index >= 15 is 0 Å². The topological polar surface area (TPSA) is 109 Å². The third-order valence-corrected chi connectivity index (χ3v) is 2.17. The number of aromatic amines is 2. The first-order valence-corrected chi connectivity index (χ1v) is 5.90. The summed E-state index contributed by atoms with van der Waals surface area (Å²) in [4.78, 5) is 14.0. The zero-order valence-electron chi connectivity index (χ0n) is 10.3. The highest BCUT2D eigenvalue weighted by Gasteiger charge is 1.90. The molecule has 0 unspecified atom stereocenters. The molecule has 0 radical (unpaired) electrons. The fraction of sp³-hybridized carbons (Fsp3) is 0.333. The fourth-order valence-corrected chi connectivity index (χ4v) is 1.29. The average Bonchev–Trinajstić information content (AvgIpc) is 3.07. The van der Waals surface area contributed by atoms with Crippen LogP contribution in [0.4, 0.5) is 0 Å². The van der Waals surface area contributed by atoms with Gasteiger partial charge in [-0.3, -0.25) is 0 Å². The van der Waals surface area contributed by atoms with Gasteiger partial charge in [0.05, 0.1) is 0 Å². The van der Waals surface area contributed by atoms with Crippen LogP contribution in [0.15, 0.2) is 37.1 Å². The van der Waals surface area contributed by atoms with Crippen LogP contribution >= 0.6 is 0 Å². The van der Waals surface area contributed by atoms with Crippen LogP contribution in [0.3, 0.4) is 0 Å². The van der Waals surface area contributed by atoms with Gasteiger partial charge in [-0.2, -0.15) is 0 Å². The van der Waals surface area contributed by atoms with Crippen LogP contribution in [-0.2, 0) is 12.8 Å². The number of hydrogen-bond donors (Lipinski definition) is 4. The van der Waals surface area contributed by atoms with Crippen molar-refractivity contribution in [1.82, 2.24) is 19.9 Å². The van der Waals surface area contributed by atoms with Gasteiger partial charge < -0.3 is 21.4 Å². The van der Waals surface area contributed by atoms with E-state index < -0.39 is 0 Å². The Morgan fingerprint density at radius 1 is 1.11 bits per heavy atom. The Kier molecular flexibility index (Phi) is 6.99. The Balaban J connectivity index is 0.000000180. The SMILES string of the molecule is NC=CCc1ncc[nH]1.NCCCc1ncc[nH]1. The number of H-pyrrole nitrogens is 2. The second-order valence-corrected chi connectivity index (χ2v) is 3.60. The average molecular weight is 248 g/mol. The molecule has 0 saturated carbocycles. The van der Waals surface area contributed by atoms with Gasteiger partial charge in [0.1, 0.15) is 11.6 Å². The quantitative estimate of drug-likeness (QED) is 0.625. The summed E-state index contributed by atoms with van der Waals surface area (Å²) < 4.78 is 0. The van der Waals surface area contributed by atoms with E-state index in [1.807, 2.05) is 12.3 Å². The van der Waals surface area contributed by atoms with Crippen LogP contribution in [0.25, 0.3) is 0 Å². The lowest BCUT2D eigenvalue weighted by molar-refractivity contribution is 0.794. The van der Waals surface area contributed by atoms with Crippen LogP contribution < -0.4 is 11.5 Å². The maximum atomic E-state index is 5.30. The fourth-order valence-electron chi connectivity index (χ4n) is 1.29. The summed E-state index contributed by atoms with van der Waals surface area (Å²) in [5.74, 6) is 1.97. The van der Waals surface area contributed by atoms with Gasteiger partial charge >= 0.3 is 0 Å². The number of allylic oxidation sites excluding steroid dienone is 1. The van der Waals surface area contributed by atoms with E-state index in [0.717, 1.165) is 37.5 Å². The van der Waals surface area contributed by atoms with Crippen molar-refractivity contribution in [3.05, 3.63) is 48.7 Å². The first-order chi connectivity index (χ1) is 8.86. The number of rotatable bonds is 5. The minimum absolute atomic E-state index is 0.737. The van der Waals surface area contributed by atoms with Crippen molar-refractivity contribution in [2.75, 3.05) is 6.54 Å². The first-order valence-electron chi connectivity index (χ1n) is 5.90. The highest BCUT2D eigenvalue weighted by molar-refractivity contribution is 4.94. The maximum Gasteiger partial charge on any atom is 0.109 e. The number of nitrogens with zero attached hydrogens (tertiary/aromatic N) is 2. The van der Waals surface area contributed by atoms with Crippen molar-refractivity contribution in [1.29, 1.82) is 0 Å². The Morgan fingerprint density at radius 2 is 1.78 bits per heavy atom. The Bertz CT molecular complexity index is 404. The van der Waals surface area contributed by atoms with Crippen LogP contribution in [0.2, 0.25) is 0 Å². The van der Waals surface area contributed by atoms with E-state index in [2.05, 4.69) is 19.9 Å². The molecule has 0 fully saturated rings. The second kappa shape index (κ2) is 9.00. The molecule has 6 nitrogen and oxygen atoms in total. The molecule has 0 spiro atoms. The molecule has 98 valence electrons. The molecule has 2 aromatic heterocycles. The zero-order chi connectivity index (χ0) is 13.1. The maximum absolute atomic E-state index is 5.30. The normalized spacial score (nSPS) is 10.3. The smallest absolute Gasteiger partial charge is 0.109 e. The lowest BCUT2D eigenvalue weighted by Crippen LogP contribution is -2.00. The molecule has 0 atom stereocenters. The lowest BCUT2D eigenvalue weighted by atomic mass is 10.3. The molecule has 0 aliphatic heterocycles. The van der Waals surface area contributed by atoms with E-state index in [9.17, 15) is 0 Å². The molecule has 2 aromatic rings. The minimum Gasteiger partial charge on any atom is -0.405 e. The monoisotopic (exact) mass is 248 g/mol. The van der Waals surface area contributed by atoms with Crippen molar-refractivity contribution >= 4 is 0 Å². The molecule has 0 bridgehead atoms. The third kappa shape index (κ3) is 5.86. The summed E-state index contributed by atoms with van der Waals surface area (Å²) in [5.41, 5.74) is 10.4. The minimum atomic E-state index is 0.737. The van der Waals surface area contributed by atoms with E-state index in [4.69, 9.17) is 11.5 Å². The molecule has 6 N–H and O–H groups in total. The Morgan fingerprint density at radius 3 is 2.28 bits per heavy atom. The predicted octanol–water partition coefficient (Wildman–Crippen LogP) is 0.726. The summed E-state index contributed by atoms with van der Waals surface area (Å²) >= 11 is 0. The molecule has 2 rings (SSSR count). The Hall–Kier alpha value is -2.08. The van der Waals surface area contributed by atoms with Crippen molar-refractivity contribution in [3.63, 3.8) is 0 Å². The third-order valence-electron chi connectivity index (χ3n) is 2.17. The highest BCUT2D eigenvalue weighted by Crippen LogP contribution is 1.91. The van der Waals surface area contributed by atoms with Gasteiger partial charge in [0.25, 0.3) is 0 Å². The van der Waals surface area contributed by atoms with Gasteiger partial charge in [0, 0.05) is 37.6 Å². The van der Waals surface area contributed by atoms with Gasteiger partial charge in [-0.05, 0) is 19.2 Å². The molecule has 2 heterocycles. The summed E-state index contributed by atoms with van der Waals surface area (Å²) in [6.45, 7) is 0.737. The number of imidazole rings is 2. The summed E-state index contributed by atoms with van der Waals surface area (Å²) in [5, 5.41) is 0. The van der Waals surface area contributed by atoms with Crippen molar-refractivity contribution in [3.8, 4) is 0 Å². The van der Waals surface area contributed by atoms with Gasteiger partial charge in [-0.15, -0.1) is 0 Å². The number of nitrogens with two attached hydrogens (primary N) is 2. The van der Waals surface area contributed by atoms with Crippen LogP contribution in [0.1, 0.15) is 18.1 Å². The largest absolute Gasteiger partial charge is 0.405 e. The number of aromatic nitrogens is 4. The molecular weight excluding hydrogens is 228 g/mol. The number of aryl methyl sites for hydroxylation is 1. The molecule has 0 amide bonds.